The Morgan fingerprint density at radius 3 is 2.38 bits per heavy atom. The van der Waals surface area contributed by atoms with Crippen molar-refractivity contribution in [2.45, 2.75) is 38.5 Å². The van der Waals surface area contributed by atoms with Gasteiger partial charge in [0, 0.05) is 36.3 Å². The minimum atomic E-state index is -3.51. The van der Waals surface area contributed by atoms with E-state index in [0.717, 1.165) is 28.3 Å². The number of fused-ring (bicyclic) bond motifs is 1. The van der Waals surface area contributed by atoms with E-state index in [1.807, 2.05) is 18.2 Å². The second-order valence-corrected chi connectivity index (χ2v) is 11.4. The summed E-state index contributed by atoms with van der Waals surface area (Å²) in [4.78, 5) is 13.2. The summed E-state index contributed by atoms with van der Waals surface area (Å²) in [6.07, 6.45) is 2.31. The number of carbonyl (C=O) groups is 1. The van der Waals surface area contributed by atoms with Gasteiger partial charge in [0.15, 0.2) is 0 Å². The summed E-state index contributed by atoms with van der Waals surface area (Å²) in [7, 11) is -3.51. The quantitative estimate of drug-likeness (QED) is 0.262. The van der Waals surface area contributed by atoms with E-state index in [1.165, 1.54) is 36.0 Å². The molecular formula is C29H31F2N3O4S. The van der Waals surface area contributed by atoms with Gasteiger partial charge in [-0.1, -0.05) is 31.2 Å². The van der Waals surface area contributed by atoms with Gasteiger partial charge in [-0.3, -0.25) is 4.79 Å². The van der Waals surface area contributed by atoms with Crippen molar-refractivity contribution in [2.75, 3.05) is 12.8 Å². The Kier molecular flexibility index (Phi) is 8.79. The molecule has 0 bridgehead atoms. The molecule has 1 aromatic heterocycles. The fourth-order valence-electron chi connectivity index (χ4n) is 4.53. The van der Waals surface area contributed by atoms with Gasteiger partial charge in [-0.15, -0.1) is 0 Å². The zero-order chi connectivity index (χ0) is 28.2. The van der Waals surface area contributed by atoms with Crippen LogP contribution in [0.2, 0.25) is 0 Å². The third kappa shape index (κ3) is 7.29. The van der Waals surface area contributed by atoms with Crippen molar-refractivity contribution >= 4 is 26.8 Å². The van der Waals surface area contributed by atoms with Gasteiger partial charge < -0.3 is 15.7 Å². The molecular weight excluding hydrogens is 524 g/mol. The molecule has 1 heterocycles. The van der Waals surface area contributed by atoms with Gasteiger partial charge in [0.2, 0.25) is 10.0 Å². The topological polar surface area (TPSA) is 100 Å². The molecule has 206 valence electrons. The third-order valence-electron chi connectivity index (χ3n) is 6.52. The highest BCUT2D eigenvalue weighted by Crippen LogP contribution is 2.20. The van der Waals surface area contributed by atoms with Gasteiger partial charge in [-0.05, 0) is 65.9 Å². The number of hydrogen-bond acceptors (Lipinski definition) is 5. The lowest BCUT2D eigenvalue weighted by atomic mass is 9.99. The van der Waals surface area contributed by atoms with Gasteiger partial charge in [0.1, 0.15) is 11.6 Å². The minimum Gasteiger partial charge on any atom is -0.390 e. The van der Waals surface area contributed by atoms with Crippen molar-refractivity contribution < 1.29 is 27.1 Å². The predicted molar refractivity (Wildman–Crippen MR) is 147 cm³/mol. The number of benzene rings is 3. The van der Waals surface area contributed by atoms with E-state index in [4.69, 9.17) is 0 Å². The van der Waals surface area contributed by atoms with Crippen LogP contribution in [0.3, 0.4) is 0 Å². The number of rotatable bonds is 11. The Morgan fingerprint density at radius 2 is 1.69 bits per heavy atom. The van der Waals surface area contributed by atoms with Gasteiger partial charge in [0.25, 0.3) is 5.91 Å². The fourth-order valence-corrected chi connectivity index (χ4v) is 5.34. The van der Waals surface area contributed by atoms with Gasteiger partial charge in [-0.25, -0.2) is 21.2 Å². The van der Waals surface area contributed by atoms with E-state index in [1.54, 1.807) is 12.1 Å². The summed E-state index contributed by atoms with van der Waals surface area (Å²) in [5, 5.41) is 17.5. The fraction of sp³-hybridized carbons (Fsp3) is 0.276. The third-order valence-corrected chi connectivity index (χ3v) is 7.55. The van der Waals surface area contributed by atoms with Crippen LogP contribution in [0.4, 0.5) is 8.78 Å². The summed E-state index contributed by atoms with van der Waals surface area (Å²) >= 11 is 0. The van der Waals surface area contributed by atoms with Crippen LogP contribution in [0.1, 0.15) is 34.0 Å². The molecule has 0 saturated carbocycles. The van der Waals surface area contributed by atoms with Crippen molar-refractivity contribution in [1.29, 1.82) is 0 Å². The molecule has 0 unspecified atom stereocenters. The molecule has 7 nitrogen and oxygen atoms in total. The van der Waals surface area contributed by atoms with Crippen LogP contribution in [-0.2, 0) is 29.4 Å². The highest BCUT2D eigenvalue weighted by atomic mass is 32.2. The normalized spacial score (nSPS) is 13.4. The zero-order valence-electron chi connectivity index (χ0n) is 21.7. The van der Waals surface area contributed by atoms with Crippen molar-refractivity contribution in [3.8, 4) is 0 Å². The molecule has 0 saturated heterocycles. The molecule has 2 atom stereocenters. The monoisotopic (exact) mass is 555 g/mol. The number of nitrogens with one attached hydrogen (secondary N) is 2. The number of aryl methyl sites for hydroxylation is 1. The first-order valence-corrected chi connectivity index (χ1v) is 14.4. The number of hydrogen-bond donors (Lipinski definition) is 3. The molecule has 4 rings (SSSR count). The molecule has 3 N–H and O–H groups in total. The van der Waals surface area contributed by atoms with Gasteiger partial charge >= 0.3 is 0 Å². The number of aliphatic hydroxyl groups is 1. The molecule has 0 aliphatic rings. The number of aromatic nitrogens is 1. The lowest BCUT2D eigenvalue weighted by Gasteiger charge is -2.25. The first-order chi connectivity index (χ1) is 18.5. The van der Waals surface area contributed by atoms with Crippen LogP contribution in [0.25, 0.3) is 10.9 Å². The highest BCUT2D eigenvalue weighted by Gasteiger charge is 2.23. The predicted octanol–water partition coefficient (Wildman–Crippen LogP) is 3.78. The molecule has 0 aliphatic carbocycles. The van der Waals surface area contributed by atoms with E-state index < -0.39 is 39.7 Å². The lowest BCUT2D eigenvalue weighted by molar-refractivity contribution is 0.0830. The molecule has 0 aliphatic heterocycles. The zero-order valence-corrected chi connectivity index (χ0v) is 22.5. The van der Waals surface area contributed by atoms with Crippen molar-refractivity contribution in [3.63, 3.8) is 0 Å². The van der Waals surface area contributed by atoms with E-state index in [-0.39, 0.29) is 24.1 Å². The Morgan fingerprint density at radius 1 is 0.974 bits per heavy atom. The summed E-state index contributed by atoms with van der Waals surface area (Å²) in [6.45, 7) is 2.68. The Labute approximate surface area is 226 Å². The first kappa shape index (κ1) is 28.4. The van der Waals surface area contributed by atoms with Crippen LogP contribution >= 0.6 is 0 Å². The number of carbonyl (C=O) groups excluding carboxylic acids is 1. The largest absolute Gasteiger partial charge is 0.390 e. The van der Waals surface area contributed by atoms with E-state index in [0.29, 0.717) is 17.4 Å². The van der Waals surface area contributed by atoms with Crippen molar-refractivity contribution in [3.05, 3.63) is 107 Å². The Bertz CT molecular complexity index is 1570. The lowest BCUT2D eigenvalue weighted by Crippen LogP contribution is -2.48. The molecule has 0 spiro atoms. The van der Waals surface area contributed by atoms with Crippen LogP contribution in [-0.4, -0.2) is 48.4 Å². The summed E-state index contributed by atoms with van der Waals surface area (Å²) in [5.41, 5.74) is 3.20. The summed E-state index contributed by atoms with van der Waals surface area (Å²) < 4.78 is 52.8. The molecule has 0 radical (unpaired) electrons. The molecule has 4 aromatic rings. The maximum absolute atomic E-state index is 13.8. The van der Waals surface area contributed by atoms with Crippen molar-refractivity contribution in [2.24, 2.45) is 0 Å². The molecule has 39 heavy (non-hydrogen) atoms. The summed E-state index contributed by atoms with van der Waals surface area (Å²) in [5.74, 6) is -2.01. The van der Waals surface area contributed by atoms with Gasteiger partial charge in [-0.2, -0.15) is 0 Å². The SMILES string of the molecule is CCc1cccc(CNC[C@H](O)[C@H](Cc2cc(F)cc(F)c2)NC(=O)c2ccc3c(ccn3S(C)(=O)=O)c2)c1. The average Bonchev–Trinajstić information content (AvgIpc) is 3.32. The number of nitrogens with zero attached hydrogens (tertiary/aromatic N) is 1. The van der Waals surface area contributed by atoms with Crippen LogP contribution in [0.5, 0.6) is 0 Å². The van der Waals surface area contributed by atoms with Gasteiger partial charge in [0.05, 0.1) is 23.9 Å². The molecule has 10 heteroatoms. The minimum absolute atomic E-state index is 0.0126. The maximum Gasteiger partial charge on any atom is 0.251 e. The van der Waals surface area contributed by atoms with E-state index >= 15 is 0 Å². The van der Waals surface area contributed by atoms with Crippen LogP contribution in [0, 0.1) is 11.6 Å². The molecule has 3 aromatic carbocycles. The number of aliphatic hydroxyl groups excluding tert-OH is 1. The molecule has 0 fully saturated rings. The smallest absolute Gasteiger partial charge is 0.251 e. The maximum atomic E-state index is 13.8. The van der Waals surface area contributed by atoms with E-state index in [2.05, 4.69) is 23.6 Å². The Hall–Kier alpha value is -3.60. The van der Waals surface area contributed by atoms with Crippen LogP contribution in [0.15, 0.2) is 72.9 Å². The van der Waals surface area contributed by atoms with Crippen LogP contribution < -0.4 is 10.6 Å². The Balaban J connectivity index is 1.51. The number of amides is 1. The standard InChI is InChI=1S/C29H31F2N3O4S/c1-3-19-5-4-6-20(11-19)17-32-18-28(35)26(14-21-12-24(30)16-25(31)13-21)33-29(36)23-7-8-27-22(15-23)9-10-34(27)39(2,37)38/h4-13,15-16,26,28,32,35H,3,14,17-18H2,1-2H3,(H,33,36)/t26-,28-/m0/s1. The molecule has 1 amide bonds. The highest BCUT2D eigenvalue weighted by molar-refractivity contribution is 7.89. The average molecular weight is 556 g/mol. The first-order valence-electron chi connectivity index (χ1n) is 12.6. The summed E-state index contributed by atoms with van der Waals surface area (Å²) in [6, 6.07) is 16.4. The second kappa shape index (κ2) is 12.1. The number of halogens is 2. The van der Waals surface area contributed by atoms with E-state index in [9.17, 15) is 27.1 Å². The second-order valence-electron chi connectivity index (χ2n) is 9.58. The van der Waals surface area contributed by atoms with Crippen molar-refractivity contribution in [1.82, 2.24) is 14.6 Å².